The standard InChI is InChI=1S/C11H20N4O2/c1-4-6-15-10(12-9-13-15)8-14(2)7-5-11(16)17-3/h9H,4-8H2,1-3H3. The summed E-state index contributed by atoms with van der Waals surface area (Å²) in [6, 6.07) is 0. The zero-order valence-electron chi connectivity index (χ0n) is 10.7. The predicted octanol–water partition coefficient (Wildman–Crippen LogP) is 0.683. The van der Waals surface area contributed by atoms with Crippen LogP contribution in [0.3, 0.4) is 0 Å². The highest BCUT2D eigenvalue weighted by atomic mass is 16.5. The van der Waals surface area contributed by atoms with Gasteiger partial charge < -0.3 is 4.74 Å². The number of ether oxygens (including phenoxy) is 1. The Morgan fingerprint density at radius 2 is 2.35 bits per heavy atom. The lowest BCUT2D eigenvalue weighted by Gasteiger charge is -2.15. The number of aromatic nitrogens is 3. The van der Waals surface area contributed by atoms with Gasteiger partial charge in [0.05, 0.1) is 20.1 Å². The van der Waals surface area contributed by atoms with Crippen LogP contribution in [0.1, 0.15) is 25.6 Å². The largest absolute Gasteiger partial charge is 0.469 e. The van der Waals surface area contributed by atoms with Gasteiger partial charge in [-0.3, -0.25) is 9.69 Å². The van der Waals surface area contributed by atoms with E-state index in [1.54, 1.807) is 6.33 Å². The van der Waals surface area contributed by atoms with E-state index >= 15 is 0 Å². The average Bonchev–Trinajstić information content (AvgIpc) is 2.74. The molecule has 0 spiro atoms. The zero-order chi connectivity index (χ0) is 12.7. The molecule has 0 atom stereocenters. The number of methoxy groups -OCH3 is 1. The van der Waals surface area contributed by atoms with Gasteiger partial charge in [0.2, 0.25) is 0 Å². The van der Waals surface area contributed by atoms with E-state index in [4.69, 9.17) is 0 Å². The second kappa shape index (κ2) is 7.01. The topological polar surface area (TPSA) is 60.2 Å². The molecule has 0 aliphatic carbocycles. The van der Waals surface area contributed by atoms with E-state index < -0.39 is 0 Å². The van der Waals surface area contributed by atoms with E-state index in [1.807, 2.05) is 16.6 Å². The molecule has 0 aliphatic heterocycles. The number of aryl methyl sites for hydroxylation is 1. The monoisotopic (exact) mass is 240 g/mol. The zero-order valence-corrected chi connectivity index (χ0v) is 10.7. The molecule has 1 heterocycles. The lowest BCUT2D eigenvalue weighted by Crippen LogP contribution is -2.24. The number of carbonyl (C=O) groups is 1. The van der Waals surface area contributed by atoms with E-state index in [2.05, 4.69) is 21.7 Å². The Bertz CT molecular complexity index is 351. The van der Waals surface area contributed by atoms with Gasteiger partial charge >= 0.3 is 5.97 Å². The van der Waals surface area contributed by atoms with Crippen molar-refractivity contribution in [1.82, 2.24) is 19.7 Å². The molecule has 0 radical (unpaired) electrons. The summed E-state index contributed by atoms with van der Waals surface area (Å²) in [5.41, 5.74) is 0. The number of rotatable bonds is 7. The van der Waals surface area contributed by atoms with E-state index in [0.717, 1.165) is 18.8 Å². The van der Waals surface area contributed by atoms with Crippen molar-refractivity contribution in [2.24, 2.45) is 0 Å². The third-order valence-electron chi connectivity index (χ3n) is 2.47. The number of hydrogen-bond donors (Lipinski definition) is 0. The summed E-state index contributed by atoms with van der Waals surface area (Å²) in [6.45, 7) is 4.33. The fourth-order valence-corrected chi connectivity index (χ4v) is 1.51. The Morgan fingerprint density at radius 3 is 3.00 bits per heavy atom. The molecule has 0 aliphatic rings. The van der Waals surface area contributed by atoms with Crippen molar-refractivity contribution in [3.8, 4) is 0 Å². The van der Waals surface area contributed by atoms with Crippen molar-refractivity contribution < 1.29 is 9.53 Å². The molecule has 1 rings (SSSR count). The first-order chi connectivity index (χ1) is 8.17. The molecule has 0 N–H and O–H groups in total. The second-order valence-electron chi connectivity index (χ2n) is 3.96. The number of carbonyl (C=O) groups excluding carboxylic acids is 1. The molecule has 17 heavy (non-hydrogen) atoms. The first-order valence-corrected chi connectivity index (χ1v) is 5.79. The van der Waals surface area contributed by atoms with Crippen molar-refractivity contribution >= 4 is 5.97 Å². The van der Waals surface area contributed by atoms with Crippen LogP contribution in [0.2, 0.25) is 0 Å². The van der Waals surface area contributed by atoms with Crippen LogP contribution in [0.25, 0.3) is 0 Å². The lowest BCUT2D eigenvalue weighted by atomic mass is 10.4. The molecule has 96 valence electrons. The number of esters is 1. The Labute approximate surface area is 102 Å². The highest BCUT2D eigenvalue weighted by molar-refractivity contribution is 5.69. The van der Waals surface area contributed by atoms with Crippen molar-refractivity contribution in [3.63, 3.8) is 0 Å². The maximum absolute atomic E-state index is 11.0. The maximum atomic E-state index is 11.0. The Hall–Kier alpha value is -1.43. The first kappa shape index (κ1) is 13.6. The Kier molecular flexibility index (Phi) is 5.62. The van der Waals surface area contributed by atoms with Crippen LogP contribution >= 0.6 is 0 Å². The minimum absolute atomic E-state index is 0.188. The van der Waals surface area contributed by atoms with Crippen LogP contribution in [0, 0.1) is 0 Å². The lowest BCUT2D eigenvalue weighted by molar-refractivity contribution is -0.140. The molecule has 0 bridgehead atoms. The third-order valence-corrected chi connectivity index (χ3v) is 2.47. The molecule has 0 unspecified atom stereocenters. The first-order valence-electron chi connectivity index (χ1n) is 5.79. The third kappa shape index (κ3) is 4.52. The van der Waals surface area contributed by atoms with E-state index in [0.29, 0.717) is 19.5 Å². The van der Waals surface area contributed by atoms with Gasteiger partial charge in [-0.1, -0.05) is 6.92 Å². The summed E-state index contributed by atoms with van der Waals surface area (Å²) in [5, 5.41) is 4.16. The van der Waals surface area contributed by atoms with E-state index in [9.17, 15) is 4.79 Å². The van der Waals surface area contributed by atoms with Gasteiger partial charge in [0.1, 0.15) is 12.2 Å². The molecule has 0 amide bonds. The summed E-state index contributed by atoms with van der Waals surface area (Å²) in [7, 11) is 3.36. The quantitative estimate of drug-likeness (QED) is 0.656. The number of hydrogen-bond acceptors (Lipinski definition) is 5. The molecule has 1 aromatic rings. The fraction of sp³-hybridized carbons (Fsp3) is 0.727. The van der Waals surface area contributed by atoms with Crippen LogP contribution < -0.4 is 0 Å². The van der Waals surface area contributed by atoms with Gasteiger partial charge in [-0.05, 0) is 13.5 Å². The highest BCUT2D eigenvalue weighted by Crippen LogP contribution is 2.01. The van der Waals surface area contributed by atoms with Gasteiger partial charge in [0.25, 0.3) is 0 Å². The molecular weight excluding hydrogens is 220 g/mol. The Morgan fingerprint density at radius 1 is 1.59 bits per heavy atom. The Balaban J connectivity index is 2.41. The summed E-state index contributed by atoms with van der Waals surface area (Å²) in [5.74, 6) is 0.742. The molecule has 0 saturated heterocycles. The average molecular weight is 240 g/mol. The summed E-state index contributed by atoms with van der Waals surface area (Å²) in [6.07, 6.45) is 3.00. The molecule has 6 heteroatoms. The van der Waals surface area contributed by atoms with Crippen LogP contribution in [0.5, 0.6) is 0 Å². The number of nitrogens with zero attached hydrogens (tertiary/aromatic N) is 4. The minimum atomic E-state index is -0.188. The molecule has 1 aromatic heterocycles. The second-order valence-corrected chi connectivity index (χ2v) is 3.96. The smallest absolute Gasteiger partial charge is 0.306 e. The highest BCUT2D eigenvalue weighted by Gasteiger charge is 2.09. The molecule has 6 nitrogen and oxygen atoms in total. The normalized spacial score (nSPS) is 10.8. The maximum Gasteiger partial charge on any atom is 0.306 e. The summed E-state index contributed by atoms with van der Waals surface area (Å²) < 4.78 is 6.50. The van der Waals surface area contributed by atoms with E-state index in [-0.39, 0.29) is 5.97 Å². The molecule has 0 fully saturated rings. The van der Waals surface area contributed by atoms with Gasteiger partial charge in [0.15, 0.2) is 0 Å². The van der Waals surface area contributed by atoms with Gasteiger partial charge in [-0.2, -0.15) is 5.10 Å². The van der Waals surface area contributed by atoms with E-state index in [1.165, 1.54) is 7.11 Å². The van der Waals surface area contributed by atoms with Crippen LogP contribution in [-0.4, -0.2) is 46.3 Å². The fourth-order valence-electron chi connectivity index (χ4n) is 1.51. The predicted molar refractivity (Wildman–Crippen MR) is 63.3 cm³/mol. The van der Waals surface area contributed by atoms with Crippen molar-refractivity contribution in [2.45, 2.75) is 32.9 Å². The minimum Gasteiger partial charge on any atom is -0.469 e. The van der Waals surface area contributed by atoms with Crippen LogP contribution in [0.4, 0.5) is 0 Å². The SMILES string of the molecule is CCCn1ncnc1CN(C)CCC(=O)OC. The van der Waals surface area contributed by atoms with Gasteiger partial charge in [0, 0.05) is 13.1 Å². The van der Waals surface area contributed by atoms with Crippen LogP contribution in [-0.2, 0) is 22.6 Å². The molecule has 0 aromatic carbocycles. The summed E-state index contributed by atoms with van der Waals surface area (Å²) in [4.78, 5) is 17.3. The molecular formula is C11H20N4O2. The van der Waals surface area contributed by atoms with Crippen LogP contribution in [0.15, 0.2) is 6.33 Å². The van der Waals surface area contributed by atoms with Crippen molar-refractivity contribution in [1.29, 1.82) is 0 Å². The van der Waals surface area contributed by atoms with Gasteiger partial charge in [-0.15, -0.1) is 0 Å². The van der Waals surface area contributed by atoms with Crippen molar-refractivity contribution in [2.75, 3.05) is 20.7 Å². The van der Waals surface area contributed by atoms with Crippen molar-refractivity contribution in [3.05, 3.63) is 12.2 Å². The summed E-state index contributed by atoms with van der Waals surface area (Å²) >= 11 is 0. The molecule has 0 saturated carbocycles. The van der Waals surface area contributed by atoms with Gasteiger partial charge in [-0.25, -0.2) is 9.67 Å².